The Morgan fingerprint density at radius 1 is 1.33 bits per heavy atom. The van der Waals surface area contributed by atoms with Crippen molar-refractivity contribution in [3.8, 4) is 5.75 Å². The number of phenols is 1. The minimum atomic E-state index is -0.287. The molecule has 5 heteroatoms. The van der Waals surface area contributed by atoms with E-state index in [1.165, 1.54) is 7.11 Å². The Morgan fingerprint density at radius 2 is 2.06 bits per heavy atom. The average molecular weight is 251 g/mol. The van der Waals surface area contributed by atoms with Gasteiger partial charge in [0, 0.05) is 18.5 Å². The fourth-order valence-electron chi connectivity index (χ4n) is 1.46. The Kier molecular flexibility index (Phi) is 5.70. The van der Waals surface area contributed by atoms with Gasteiger partial charge in [0.05, 0.1) is 13.5 Å². The second-order valence-electron chi connectivity index (χ2n) is 3.84. The largest absolute Gasteiger partial charge is 0.508 e. The number of hydrogen-bond donors (Lipinski definition) is 2. The van der Waals surface area contributed by atoms with E-state index >= 15 is 0 Å². The maximum atomic E-state index is 11.5. The molecule has 0 saturated heterocycles. The van der Waals surface area contributed by atoms with Gasteiger partial charge in [-0.2, -0.15) is 0 Å². The average Bonchev–Trinajstić information content (AvgIpc) is 2.37. The van der Waals surface area contributed by atoms with Crippen molar-refractivity contribution in [2.24, 2.45) is 0 Å². The summed E-state index contributed by atoms with van der Waals surface area (Å²) in [7, 11) is 1.33. The number of methoxy groups -OCH3 is 1. The molecule has 1 rings (SSSR count). The number of carbonyl (C=O) groups is 2. The van der Waals surface area contributed by atoms with Crippen LogP contribution in [0, 0.1) is 0 Å². The third kappa shape index (κ3) is 4.86. The lowest BCUT2D eigenvalue weighted by molar-refractivity contribution is -0.140. The highest BCUT2D eigenvalue weighted by molar-refractivity contribution is 5.79. The summed E-state index contributed by atoms with van der Waals surface area (Å²) >= 11 is 0. The summed E-state index contributed by atoms with van der Waals surface area (Å²) in [5.41, 5.74) is 0.586. The number of amides is 1. The third-order valence-electron chi connectivity index (χ3n) is 2.45. The molecule has 18 heavy (non-hydrogen) atoms. The number of esters is 1. The lowest BCUT2D eigenvalue weighted by Crippen LogP contribution is -2.26. The van der Waals surface area contributed by atoms with E-state index in [4.69, 9.17) is 0 Å². The molecule has 0 fully saturated rings. The summed E-state index contributed by atoms with van der Waals surface area (Å²) in [4.78, 5) is 22.4. The van der Waals surface area contributed by atoms with Gasteiger partial charge < -0.3 is 15.2 Å². The van der Waals surface area contributed by atoms with Crippen LogP contribution in [-0.2, 0) is 20.7 Å². The summed E-state index contributed by atoms with van der Waals surface area (Å²) in [5.74, 6) is -0.353. The zero-order valence-electron chi connectivity index (χ0n) is 10.3. The van der Waals surface area contributed by atoms with E-state index in [1.54, 1.807) is 24.3 Å². The fourth-order valence-corrected chi connectivity index (χ4v) is 1.46. The van der Waals surface area contributed by atoms with E-state index in [1.807, 2.05) is 0 Å². The number of hydrogen-bond acceptors (Lipinski definition) is 4. The predicted octanol–water partition coefficient (Wildman–Crippen LogP) is 1.00. The number of rotatable bonds is 6. The second-order valence-corrected chi connectivity index (χ2v) is 3.84. The van der Waals surface area contributed by atoms with Gasteiger partial charge in [0.25, 0.3) is 0 Å². The summed E-state index contributed by atoms with van der Waals surface area (Å²) in [6.45, 7) is 0.418. The molecule has 0 heterocycles. The lowest BCUT2D eigenvalue weighted by Gasteiger charge is -2.06. The minimum Gasteiger partial charge on any atom is -0.508 e. The molecule has 1 aromatic rings. The number of para-hydroxylation sites is 1. The molecule has 0 aliphatic heterocycles. The Bertz CT molecular complexity index is 417. The van der Waals surface area contributed by atoms with Gasteiger partial charge >= 0.3 is 5.97 Å². The Labute approximate surface area is 106 Å². The monoisotopic (exact) mass is 251 g/mol. The van der Waals surface area contributed by atoms with Crippen molar-refractivity contribution in [1.29, 1.82) is 0 Å². The van der Waals surface area contributed by atoms with Crippen LogP contribution >= 0.6 is 0 Å². The molecule has 0 atom stereocenters. The highest BCUT2D eigenvalue weighted by atomic mass is 16.5. The highest BCUT2D eigenvalue weighted by Gasteiger charge is 2.07. The van der Waals surface area contributed by atoms with Crippen LogP contribution in [0.25, 0.3) is 0 Å². The van der Waals surface area contributed by atoms with Crippen molar-refractivity contribution >= 4 is 11.9 Å². The van der Waals surface area contributed by atoms with Crippen LogP contribution < -0.4 is 5.32 Å². The number of ether oxygens (including phenoxy) is 1. The molecule has 5 nitrogen and oxygen atoms in total. The molecule has 0 aliphatic rings. The van der Waals surface area contributed by atoms with Crippen LogP contribution in [0.5, 0.6) is 5.75 Å². The lowest BCUT2D eigenvalue weighted by atomic mass is 10.1. The van der Waals surface area contributed by atoms with Crippen molar-refractivity contribution in [1.82, 2.24) is 5.32 Å². The normalized spacial score (nSPS) is 9.83. The molecule has 0 aromatic heterocycles. The van der Waals surface area contributed by atoms with E-state index in [-0.39, 0.29) is 30.5 Å². The Balaban J connectivity index is 2.26. The van der Waals surface area contributed by atoms with Crippen LogP contribution in [0.2, 0.25) is 0 Å². The number of phenolic OH excluding ortho intramolecular Hbond substituents is 1. The van der Waals surface area contributed by atoms with E-state index in [9.17, 15) is 14.7 Å². The van der Waals surface area contributed by atoms with Crippen LogP contribution in [0.3, 0.4) is 0 Å². The zero-order chi connectivity index (χ0) is 13.4. The van der Waals surface area contributed by atoms with Crippen molar-refractivity contribution in [2.45, 2.75) is 19.3 Å². The standard InChI is InChI=1S/C13H17NO4/c1-18-13(17)7-4-8-14-12(16)9-10-5-2-3-6-11(10)15/h2-3,5-6,15H,4,7-9H2,1H3,(H,14,16). The smallest absolute Gasteiger partial charge is 0.305 e. The summed E-state index contributed by atoms with van der Waals surface area (Å²) in [6, 6.07) is 6.70. The molecular formula is C13H17NO4. The predicted molar refractivity (Wildman–Crippen MR) is 66.1 cm³/mol. The summed E-state index contributed by atoms with van der Waals surface area (Å²) in [6.07, 6.45) is 0.956. The number of carbonyl (C=O) groups excluding carboxylic acids is 2. The van der Waals surface area contributed by atoms with Crippen molar-refractivity contribution < 1.29 is 19.4 Å². The molecule has 0 saturated carbocycles. The summed E-state index contributed by atoms with van der Waals surface area (Å²) < 4.78 is 4.48. The molecule has 0 bridgehead atoms. The van der Waals surface area contributed by atoms with E-state index in [2.05, 4.69) is 10.1 Å². The van der Waals surface area contributed by atoms with Gasteiger partial charge in [0.1, 0.15) is 5.75 Å². The zero-order valence-corrected chi connectivity index (χ0v) is 10.3. The molecule has 0 aliphatic carbocycles. The fraction of sp³-hybridized carbons (Fsp3) is 0.385. The van der Waals surface area contributed by atoms with Gasteiger partial charge in [0.2, 0.25) is 5.91 Å². The molecule has 1 aromatic carbocycles. The van der Waals surface area contributed by atoms with Gasteiger partial charge in [-0.25, -0.2) is 0 Å². The van der Waals surface area contributed by atoms with Crippen LogP contribution in [-0.4, -0.2) is 30.6 Å². The first-order chi connectivity index (χ1) is 8.63. The van der Waals surface area contributed by atoms with Crippen molar-refractivity contribution in [2.75, 3.05) is 13.7 Å². The summed E-state index contributed by atoms with van der Waals surface area (Å²) in [5, 5.41) is 12.2. The SMILES string of the molecule is COC(=O)CCCNC(=O)Cc1ccccc1O. The maximum absolute atomic E-state index is 11.5. The maximum Gasteiger partial charge on any atom is 0.305 e. The van der Waals surface area contributed by atoms with E-state index in [0.29, 0.717) is 18.5 Å². The molecule has 0 unspecified atom stereocenters. The van der Waals surface area contributed by atoms with Crippen LogP contribution in [0.1, 0.15) is 18.4 Å². The van der Waals surface area contributed by atoms with E-state index in [0.717, 1.165) is 0 Å². The van der Waals surface area contributed by atoms with Gasteiger partial charge in [-0.15, -0.1) is 0 Å². The Morgan fingerprint density at radius 3 is 2.72 bits per heavy atom. The number of benzene rings is 1. The number of nitrogens with one attached hydrogen (secondary N) is 1. The Hall–Kier alpha value is -2.04. The van der Waals surface area contributed by atoms with Crippen LogP contribution in [0.15, 0.2) is 24.3 Å². The molecule has 0 radical (unpaired) electrons. The molecule has 2 N–H and O–H groups in total. The van der Waals surface area contributed by atoms with Gasteiger partial charge in [-0.3, -0.25) is 9.59 Å². The first kappa shape index (κ1) is 14.0. The molecule has 0 spiro atoms. The minimum absolute atomic E-state index is 0.113. The van der Waals surface area contributed by atoms with Gasteiger partial charge in [-0.1, -0.05) is 18.2 Å². The third-order valence-corrected chi connectivity index (χ3v) is 2.45. The van der Waals surface area contributed by atoms with Gasteiger partial charge in [0.15, 0.2) is 0 Å². The van der Waals surface area contributed by atoms with Crippen LogP contribution in [0.4, 0.5) is 0 Å². The highest BCUT2D eigenvalue weighted by Crippen LogP contribution is 2.15. The second kappa shape index (κ2) is 7.32. The number of aromatic hydroxyl groups is 1. The quantitative estimate of drug-likeness (QED) is 0.584. The molecular weight excluding hydrogens is 234 g/mol. The van der Waals surface area contributed by atoms with Crippen molar-refractivity contribution in [3.63, 3.8) is 0 Å². The van der Waals surface area contributed by atoms with Gasteiger partial charge in [-0.05, 0) is 12.5 Å². The topological polar surface area (TPSA) is 75.6 Å². The van der Waals surface area contributed by atoms with Crippen molar-refractivity contribution in [3.05, 3.63) is 29.8 Å². The molecule has 1 amide bonds. The first-order valence-corrected chi connectivity index (χ1v) is 5.74. The van der Waals surface area contributed by atoms with E-state index < -0.39 is 0 Å². The first-order valence-electron chi connectivity index (χ1n) is 5.74. The molecule has 98 valence electrons.